The largest absolute Gasteiger partial charge is 0.515 e. The van der Waals surface area contributed by atoms with Crippen LogP contribution in [0.1, 0.15) is 6.42 Å². The number of rotatable bonds is 2. The Kier molecular flexibility index (Phi) is 2.85. The van der Waals surface area contributed by atoms with E-state index >= 15 is 0 Å². The van der Waals surface area contributed by atoms with E-state index in [0.29, 0.717) is 5.57 Å². The van der Waals surface area contributed by atoms with Gasteiger partial charge in [0.05, 0.1) is 6.26 Å². The molecule has 0 aromatic rings. The van der Waals surface area contributed by atoms with E-state index in [4.69, 9.17) is 14.6 Å². The Morgan fingerprint density at radius 3 is 2.54 bits per heavy atom. The summed E-state index contributed by atoms with van der Waals surface area (Å²) in [5.74, 6) is -1.51. The first-order valence-electron chi connectivity index (χ1n) is 3.84. The van der Waals surface area contributed by atoms with Crippen LogP contribution in [0.15, 0.2) is 24.0 Å². The Morgan fingerprint density at radius 1 is 1.46 bits per heavy atom. The van der Waals surface area contributed by atoms with Gasteiger partial charge < -0.3 is 14.6 Å². The Labute approximate surface area is 76.5 Å². The van der Waals surface area contributed by atoms with Gasteiger partial charge in [0.2, 0.25) is 11.6 Å². The van der Waals surface area contributed by atoms with Crippen molar-refractivity contribution in [3.8, 4) is 0 Å². The average Bonchev–Trinajstić information content (AvgIpc) is 2.19. The summed E-state index contributed by atoms with van der Waals surface area (Å²) in [6, 6.07) is 0. The van der Waals surface area contributed by atoms with Gasteiger partial charge in [-0.15, -0.1) is 0 Å². The number of carbonyl (C=O) groups is 1. The van der Waals surface area contributed by atoms with Crippen molar-refractivity contribution in [2.75, 3.05) is 14.2 Å². The molecule has 0 spiro atoms. The Hall–Kier alpha value is -1.13. The molecule has 0 radical (unpaired) electrons. The van der Waals surface area contributed by atoms with Crippen LogP contribution in [0.2, 0.25) is 0 Å². The van der Waals surface area contributed by atoms with E-state index in [1.807, 2.05) is 0 Å². The van der Waals surface area contributed by atoms with E-state index in [0.717, 1.165) is 6.26 Å². The van der Waals surface area contributed by atoms with Crippen molar-refractivity contribution in [2.45, 2.75) is 12.2 Å². The van der Waals surface area contributed by atoms with E-state index in [1.165, 1.54) is 20.3 Å². The van der Waals surface area contributed by atoms with Crippen molar-refractivity contribution >= 4 is 5.78 Å². The first kappa shape index (κ1) is 9.95. The summed E-state index contributed by atoms with van der Waals surface area (Å²) >= 11 is 0. The Balaban J connectivity index is 2.99. The molecule has 0 aliphatic heterocycles. The maximum atomic E-state index is 11.4. The summed E-state index contributed by atoms with van der Waals surface area (Å²) in [7, 11) is 2.80. The lowest BCUT2D eigenvalue weighted by molar-refractivity contribution is -0.202. The van der Waals surface area contributed by atoms with Gasteiger partial charge in [0.1, 0.15) is 0 Å². The number of ether oxygens (including phenoxy) is 2. The van der Waals surface area contributed by atoms with E-state index in [9.17, 15) is 4.79 Å². The average molecular weight is 184 g/mol. The number of allylic oxidation sites excluding steroid dienone is 1. The molecule has 1 aliphatic rings. The lowest BCUT2D eigenvalue weighted by atomic mass is 9.95. The molecule has 0 fully saturated rings. The predicted octanol–water partition coefficient (Wildman–Crippen LogP) is 0.946. The number of aliphatic hydroxyl groups excluding tert-OH is 1. The predicted molar refractivity (Wildman–Crippen MR) is 46.2 cm³/mol. The molecule has 0 aromatic carbocycles. The molecule has 0 saturated heterocycles. The standard InChI is InChI=1S/C9H12O4/c1-12-9(13-2)5-7(6-10)3-4-8(9)11/h3-4,6,10H,5H2,1-2H3. The molecule has 1 N–H and O–H groups in total. The highest BCUT2D eigenvalue weighted by atomic mass is 16.7. The van der Waals surface area contributed by atoms with Gasteiger partial charge in [0.25, 0.3) is 0 Å². The fourth-order valence-electron chi connectivity index (χ4n) is 1.24. The molecule has 13 heavy (non-hydrogen) atoms. The van der Waals surface area contributed by atoms with Crippen LogP contribution < -0.4 is 0 Å². The molecule has 0 amide bonds. The number of hydrogen-bond acceptors (Lipinski definition) is 4. The zero-order valence-corrected chi connectivity index (χ0v) is 7.61. The lowest BCUT2D eigenvalue weighted by Gasteiger charge is -2.30. The first-order chi connectivity index (χ1) is 6.18. The summed E-state index contributed by atoms with van der Waals surface area (Å²) in [5, 5.41) is 8.76. The number of methoxy groups -OCH3 is 2. The number of hydrogen-bond donors (Lipinski definition) is 1. The number of aliphatic hydroxyl groups is 1. The van der Waals surface area contributed by atoms with Crippen LogP contribution in [0.3, 0.4) is 0 Å². The minimum atomic E-state index is -1.26. The van der Waals surface area contributed by atoms with Crippen LogP contribution in [-0.4, -0.2) is 30.9 Å². The van der Waals surface area contributed by atoms with Crippen molar-refractivity contribution < 1.29 is 19.4 Å². The molecule has 0 atom stereocenters. The fraction of sp³-hybridized carbons (Fsp3) is 0.444. The van der Waals surface area contributed by atoms with Crippen LogP contribution in [0.5, 0.6) is 0 Å². The first-order valence-corrected chi connectivity index (χ1v) is 3.84. The van der Waals surface area contributed by atoms with E-state index in [2.05, 4.69) is 0 Å². The SMILES string of the molecule is COC1(OC)CC(=CO)C=CC1=O. The molecule has 1 rings (SSSR count). The monoisotopic (exact) mass is 184 g/mol. The summed E-state index contributed by atoms with van der Waals surface area (Å²) in [6.07, 6.45) is 4.04. The number of carbonyl (C=O) groups excluding carboxylic acids is 1. The van der Waals surface area contributed by atoms with Crippen LogP contribution in [0.25, 0.3) is 0 Å². The minimum Gasteiger partial charge on any atom is -0.515 e. The Bertz CT molecular complexity index is 261. The van der Waals surface area contributed by atoms with Crippen molar-refractivity contribution in [3.63, 3.8) is 0 Å². The minimum absolute atomic E-state index is 0.228. The molecule has 0 unspecified atom stereocenters. The van der Waals surface area contributed by atoms with Crippen molar-refractivity contribution in [2.24, 2.45) is 0 Å². The highest BCUT2D eigenvalue weighted by Gasteiger charge is 2.39. The molecule has 0 heterocycles. The van der Waals surface area contributed by atoms with Gasteiger partial charge in [-0.3, -0.25) is 4.79 Å². The molecule has 4 nitrogen and oxygen atoms in total. The fourth-order valence-corrected chi connectivity index (χ4v) is 1.24. The van der Waals surface area contributed by atoms with Crippen molar-refractivity contribution in [1.82, 2.24) is 0 Å². The molecular weight excluding hydrogens is 172 g/mol. The highest BCUT2D eigenvalue weighted by Crippen LogP contribution is 2.27. The summed E-state index contributed by atoms with van der Waals surface area (Å²) in [6.45, 7) is 0. The van der Waals surface area contributed by atoms with Crippen LogP contribution >= 0.6 is 0 Å². The van der Waals surface area contributed by atoms with Crippen LogP contribution in [0, 0.1) is 0 Å². The van der Waals surface area contributed by atoms with Gasteiger partial charge in [0, 0.05) is 20.6 Å². The second kappa shape index (κ2) is 3.72. The molecule has 0 bridgehead atoms. The maximum absolute atomic E-state index is 11.4. The van der Waals surface area contributed by atoms with Gasteiger partial charge in [-0.25, -0.2) is 0 Å². The molecule has 4 heteroatoms. The normalized spacial score (nSPS) is 23.8. The van der Waals surface area contributed by atoms with Gasteiger partial charge >= 0.3 is 0 Å². The van der Waals surface area contributed by atoms with Crippen LogP contribution in [-0.2, 0) is 14.3 Å². The number of ketones is 1. The van der Waals surface area contributed by atoms with Gasteiger partial charge in [-0.05, 0) is 11.6 Å². The van der Waals surface area contributed by atoms with Crippen LogP contribution in [0.4, 0.5) is 0 Å². The zero-order chi connectivity index (χ0) is 9.90. The maximum Gasteiger partial charge on any atom is 0.236 e. The molecule has 0 saturated carbocycles. The molecule has 1 aliphatic carbocycles. The molecule has 0 aromatic heterocycles. The zero-order valence-electron chi connectivity index (χ0n) is 7.61. The second-order valence-corrected chi connectivity index (χ2v) is 2.74. The summed E-state index contributed by atoms with van der Waals surface area (Å²) < 4.78 is 9.99. The van der Waals surface area contributed by atoms with Crippen molar-refractivity contribution in [1.29, 1.82) is 0 Å². The quantitative estimate of drug-likeness (QED) is 0.512. The summed E-state index contributed by atoms with van der Waals surface area (Å²) in [5.41, 5.74) is 0.600. The second-order valence-electron chi connectivity index (χ2n) is 2.74. The highest BCUT2D eigenvalue weighted by molar-refractivity contribution is 5.97. The smallest absolute Gasteiger partial charge is 0.236 e. The summed E-state index contributed by atoms with van der Waals surface area (Å²) in [4.78, 5) is 11.4. The third-order valence-electron chi connectivity index (χ3n) is 2.09. The van der Waals surface area contributed by atoms with E-state index < -0.39 is 5.79 Å². The molecular formula is C9H12O4. The Morgan fingerprint density at radius 2 is 2.08 bits per heavy atom. The molecule has 72 valence electrons. The third-order valence-corrected chi connectivity index (χ3v) is 2.09. The van der Waals surface area contributed by atoms with Gasteiger partial charge in [-0.1, -0.05) is 6.08 Å². The van der Waals surface area contributed by atoms with E-state index in [-0.39, 0.29) is 12.2 Å². The third kappa shape index (κ3) is 1.64. The van der Waals surface area contributed by atoms with Gasteiger partial charge in [-0.2, -0.15) is 0 Å². The topological polar surface area (TPSA) is 55.8 Å². The lowest BCUT2D eigenvalue weighted by Crippen LogP contribution is -2.43. The van der Waals surface area contributed by atoms with Gasteiger partial charge in [0.15, 0.2) is 0 Å². The van der Waals surface area contributed by atoms with Crippen molar-refractivity contribution in [3.05, 3.63) is 24.0 Å². The van der Waals surface area contributed by atoms with E-state index in [1.54, 1.807) is 6.08 Å².